The lowest BCUT2D eigenvalue weighted by molar-refractivity contribution is -0.127. The molecule has 3 aromatic rings. The standard InChI is InChI=1S/C22H23N3O3/c1-15-7-9-16(10-8-15)11-12-25-14-17(13-20(25)26)21-23-22(28-24-21)18-5-3-4-6-19(18)27-2/h3-10,17H,11-14H2,1-2H3. The molecule has 1 aliphatic heterocycles. The maximum Gasteiger partial charge on any atom is 0.261 e. The highest BCUT2D eigenvalue weighted by atomic mass is 16.5. The zero-order chi connectivity index (χ0) is 19.5. The van der Waals surface area contributed by atoms with Crippen LogP contribution in [0.25, 0.3) is 11.5 Å². The third-order valence-corrected chi connectivity index (χ3v) is 5.15. The van der Waals surface area contributed by atoms with Crippen molar-refractivity contribution in [1.29, 1.82) is 0 Å². The van der Waals surface area contributed by atoms with E-state index >= 15 is 0 Å². The topological polar surface area (TPSA) is 68.5 Å². The van der Waals surface area contributed by atoms with Crippen LogP contribution in [-0.2, 0) is 11.2 Å². The fourth-order valence-electron chi connectivity index (χ4n) is 3.51. The van der Waals surface area contributed by atoms with Gasteiger partial charge in [-0.05, 0) is 31.0 Å². The molecule has 0 aliphatic carbocycles. The lowest BCUT2D eigenvalue weighted by Gasteiger charge is -2.16. The Hall–Kier alpha value is -3.15. The first-order valence-electron chi connectivity index (χ1n) is 9.44. The van der Waals surface area contributed by atoms with Crippen LogP contribution in [-0.4, -0.2) is 41.1 Å². The fourth-order valence-corrected chi connectivity index (χ4v) is 3.51. The van der Waals surface area contributed by atoms with E-state index in [1.54, 1.807) is 7.11 Å². The number of aryl methyl sites for hydroxylation is 1. The molecule has 0 N–H and O–H groups in total. The molecule has 1 aromatic heterocycles. The molecule has 1 fully saturated rings. The van der Waals surface area contributed by atoms with E-state index in [-0.39, 0.29) is 11.8 Å². The van der Waals surface area contributed by atoms with Gasteiger partial charge in [0.25, 0.3) is 5.89 Å². The molecular weight excluding hydrogens is 354 g/mol. The molecule has 1 atom stereocenters. The van der Waals surface area contributed by atoms with Gasteiger partial charge in [-0.2, -0.15) is 4.98 Å². The van der Waals surface area contributed by atoms with Crippen molar-refractivity contribution in [1.82, 2.24) is 15.0 Å². The lowest BCUT2D eigenvalue weighted by Crippen LogP contribution is -2.27. The molecule has 144 valence electrons. The van der Waals surface area contributed by atoms with Gasteiger partial charge in [-0.15, -0.1) is 0 Å². The molecule has 28 heavy (non-hydrogen) atoms. The van der Waals surface area contributed by atoms with Gasteiger partial charge in [-0.1, -0.05) is 47.1 Å². The molecule has 1 saturated heterocycles. The minimum absolute atomic E-state index is 0.0438. The molecular formula is C22H23N3O3. The van der Waals surface area contributed by atoms with Crippen LogP contribution < -0.4 is 4.74 Å². The second-order valence-electron chi connectivity index (χ2n) is 7.13. The fraction of sp³-hybridized carbons (Fsp3) is 0.318. The van der Waals surface area contributed by atoms with Crippen molar-refractivity contribution in [2.45, 2.75) is 25.7 Å². The van der Waals surface area contributed by atoms with Crippen molar-refractivity contribution in [3.63, 3.8) is 0 Å². The Morgan fingerprint density at radius 2 is 1.96 bits per heavy atom. The molecule has 1 amide bonds. The highest BCUT2D eigenvalue weighted by Gasteiger charge is 2.33. The first kappa shape index (κ1) is 18.2. The summed E-state index contributed by atoms with van der Waals surface area (Å²) in [6.45, 7) is 3.40. The Balaban J connectivity index is 1.43. The van der Waals surface area contributed by atoms with Gasteiger partial charge in [0.2, 0.25) is 5.91 Å². The van der Waals surface area contributed by atoms with Crippen molar-refractivity contribution < 1.29 is 14.1 Å². The van der Waals surface area contributed by atoms with E-state index in [0.717, 1.165) is 12.0 Å². The van der Waals surface area contributed by atoms with Crippen molar-refractivity contribution in [3.05, 3.63) is 65.5 Å². The quantitative estimate of drug-likeness (QED) is 0.656. The third kappa shape index (κ3) is 3.76. The van der Waals surface area contributed by atoms with Crippen LogP contribution in [0.2, 0.25) is 0 Å². The number of nitrogens with zero attached hydrogens (tertiary/aromatic N) is 3. The predicted molar refractivity (Wildman–Crippen MR) is 105 cm³/mol. The van der Waals surface area contributed by atoms with E-state index in [4.69, 9.17) is 9.26 Å². The molecule has 0 radical (unpaired) electrons. The minimum atomic E-state index is -0.0438. The molecule has 1 aliphatic rings. The number of hydrogen-bond donors (Lipinski definition) is 0. The number of methoxy groups -OCH3 is 1. The highest BCUT2D eigenvalue weighted by Crippen LogP contribution is 2.31. The number of carbonyl (C=O) groups excluding carboxylic acids is 1. The summed E-state index contributed by atoms with van der Waals surface area (Å²) in [5, 5.41) is 4.13. The Kier molecular flexibility index (Phi) is 5.10. The van der Waals surface area contributed by atoms with Gasteiger partial charge < -0.3 is 14.2 Å². The number of rotatable bonds is 6. The average molecular weight is 377 g/mol. The SMILES string of the molecule is COc1ccccc1-c1nc(C2CC(=O)N(CCc3ccc(C)cc3)C2)no1. The summed E-state index contributed by atoms with van der Waals surface area (Å²) in [5.74, 6) is 1.77. The molecule has 6 heteroatoms. The Morgan fingerprint density at radius 1 is 1.18 bits per heavy atom. The molecule has 0 bridgehead atoms. The van der Waals surface area contributed by atoms with Gasteiger partial charge in [0.05, 0.1) is 12.7 Å². The number of ether oxygens (including phenoxy) is 1. The van der Waals surface area contributed by atoms with Crippen LogP contribution in [0, 0.1) is 6.92 Å². The number of para-hydroxylation sites is 1. The molecule has 1 unspecified atom stereocenters. The molecule has 4 rings (SSSR count). The summed E-state index contributed by atoms with van der Waals surface area (Å²) in [5.41, 5.74) is 3.23. The van der Waals surface area contributed by atoms with Crippen molar-refractivity contribution in [2.24, 2.45) is 0 Å². The summed E-state index contributed by atoms with van der Waals surface area (Å²) in [6, 6.07) is 16.0. The second kappa shape index (κ2) is 7.84. The minimum Gasteiger partial charge on any atom is -0.496 e. The molecule has 0 saturated carbocycles. The Labute approximate surface area is 164 Å². The number of carbonyl (C=O) groups is 1. The number of benzene rings is 2. The van der Waals surface area contributed by atoms with E-state index in [1.807, 2.05) is 29.2 Å². The van der Waals surface area contributed by atoms with E-state index < -0.39 is 0 Å². The Morgan fingerprint density at radius 3 is 2.75 bits per heavy atom. The maximum atomic E-state index is 12.4. The lowest BCUT2D eigenvalue weighted by atomic mass is 10.1. The first-order valence-corrected chi connectivity index (χ1v) is 9.44. The van der Waals surface area contributed by atoms with Crippen molar-refractivity contribution in [2.75, 3.05) is 20.2 Å². The average Bonchev–Trinajstić information content (AvgIpc) is 3.34. The van der Waals surface area contributed by atoms with Crippen LogP contribution >= 0.6 is 0 Å². The van der Waals surface area contributed by atoms with Crippen LogP contribution in [0.15, 0.2) is 53.1 Å². The second-order valence-corrected chi connectivity index (χ2v) is 7.13. The van der Waals surface area contributed by atoms with Crippen LogP contribution in [0.3, 0.4) is 0 Å². The maximum absolute atomic E-state index is 12.4. The Bertz CT molecular complexity index is 965. The van der Waals surface area contributed by atoms with Crippen LogP contribution in [0.5, 0.6) is 5.75 Å². The van der Waals surface area contributed by atoms with E-state index in [9.17, 15) is 4.79 Å². The summed E-state index contributed by atoms with van der Waals surface area (Å²) in [4.78, 5) is 18.9. The van der Waals surface area contributed by atoms with Crippen molar-refractivity contribution in [3.8, 4) is 17.2 Å². The smallest absolute Gasteiger partial charge is 0.261 e. The van der Waals surface area contributed by atoms with Crippen molar-refractivity contribution >= 4 is 5.91 Å². The van der Waals surface area contributed by atoms with Crippen LogP contribution in [0.4, 0.5) is 0 Å². The number of amides is 1. The van der Waals surface area contributed by atoms with Crippen LogP contribution in [0.1, 0.15) is 29.3 Å². The molecule has 2 heterocycles. The van der Waals surface area contributed by atoms with Gasteiger partial charge in [0.1, 0.15) is 5.75 Å². The monoisotopic (exact) mass is 377 g/mol. The van der Waals surface area contributed by atoms with Gasteiger partial charge in [0.15, 0.2) is 5.82 Å². The molecule has 0 spiro atoms. The number of likely N-dealkylation sites (tertiary alicyclic amines) is 1. The first-order chi connectivity index (χ1) is 13.6. The highest BCUT2D eigenvalue weighted by molar-refractivity contribution is 5.79. The summed E-state index contributed by atoms with van der Waals surface area (Å²) in [6.07, 6.45) is 1.26. The predicted octanol–water partition coefficient (Wildman–Crippen LogP) is 3.61. The normalized spacial score (nSPS) is 16.6. The zero-order valence-corrected chi connectivity index (χ0v) is 16.1. The zero-order valence-electron chi connectivity index (χ0n) is 16.1. The van der Waals surface area contributed by atoms with Gasteiger partial charge >= 0.3 is 0 Å². The number of hydrogen-bond acceptors (Lipinski definition) is 5. The van der Waals surface area contributed by atoms with E-state index in [2.05, 4.69) is 41.3 Å². The molecule has 2 aromatic carbocycles. The van der Waals surface area contributed by atoms with Gasteiger partial charge in [-0.3, -0.25) is 4.79 Å². The van der Waals surface area contributed by atoms with E-state index in [0.29, 0.717) is 37.0 Å². The summed E-state index contributed by atoms with van der Waals surface area (Å²) < 4.78 is 10.8. The summed E-state index contributed by atoms with van der Waals surface area (Å²) in [7, 11) is 1.61. The van der Waals surface area contributed by atoms with E-state index in [1.165, 1.54) is 11.1 Å². The van der Waals surface area contributed by atoms with Gasteiger partial charge in [-0.25, -0.2) is 0 Å². The third-order valence-electron chi connectivity index (χ3n) is 5.15. The summed E-state index contributed by atoms with van der Waals surface area (Å²) >= 11 is 0. The largest absolute Gasteiger partial charge is 0.496 e. The number of aromatic nitrogens is 2. The molecule has 6 nitrogen and oxygen atoms in total. The van der Waals surface area contributed by atoms with Gasteiger partial charge in [0, 0.05) is 25.4 Å².